The molecule has 1 aliphatic carbocycles. The van der Waals surface area contributed by atoms with E-state index in [2.05, 4.69) is 5.32 Å². The number of rotatable bonds is 13. The first-order valence-corrected chi connectivity index (χ1v) is 18.6. The molecule has 6 rings (SSSR count). The molecular formula is C39H42FN3O7S. The van der Waals surface area contributed by atoms with Gasteiger partial charge in [-0.05, 0) is 72.5 Å². The van der Waals surface area contributed by atoms with Gasteiger partial charge in [-0.15, -0.1) is 0 Å². The van der Waals surface area contributed by atoms with Gasteiger partial charge in [0.1, 0.15) is 37.4 Å². The van der Waals surface area contributed by atoms with Crippen molar-refractivity contribution in [3.8, 4) is 17.2 Å². The SMILES string of the molecule is COc1cccc(CN(C(=O)CN(c2ccc(F)cc2)S(=O)(=O)c2ccc3c(c2)OCCO3)[C@@H](Cc2ccccc2)C(=O)NC2CCCCC2)c1. The van der Waals surface area contributed by atoms with Gasteiger partial charge < -0.3 is 24.4 Å². The molecule has 0 radical (unpaired) electrons. The van der Waals surface area contributed by atoms with E-state index in [1.807, 2.05) is 36.4 Å². The molecule has 1 saturated carbocycles. The van der Waals surface area contributed by atoms with Crippen molar-refractivity contribution in [2.75, 3.05) is 31.2 Å². The van der Waals surface area contributed by atoms with E-state index in [9.17, 15) is 22.4 Å². The molecule has 10 nitrogen and oxygen atoms in total. The highest BCUT2D eigenvalue weighted by atomic mass is 32.2. The van der Waals surface area contributed by atoms with E-state index in [0.29, 0.717) is 23.7 Å². The minimum Gasteiger partial charge on any atom is -0.497 e. The van der Waals surface area contributed by atoms with Gasteiger partial charge in [0.05, 0.1) is 17.7 Å². The minimum atomic E-state index is -4.43. The van der Waals surface area contributed by atoms with Crippen molar-refractivity contribution < 1.29 is 36.6 Å². The van der Waals surface area contributed by atoms with E-state index in [1.165, 1.54) is 35.2 Å². The Balaban J connectivity index is 1.40. The molecule has 1 fully saturated rings. The van der Waals surface area contributed by atoms with Crippen LogP contribution in [-0.4, -0.2) is 64.1 Å². The third kappa shape index (κ3) is 8.80. The number of benzene rings is 4. The molecular weight excluding hydrogens is 674 g/mol. The number of methoxy groups -OCH3 is 1. The average molecular weight is 716 g/mol. The van der Waals surface area contributed by atoms with E-state index in [-0.39, 0.29) is 47.9 Å². The first-order chi connectivity index (χ1) is 24.7. The summed E-state index contributed by atoms with van der Waals surface area (Å²) in [6.45, 7) is -0.0974. The fraction of sp³-hybridized carbons (Fsp3) is 0.333. The van der Waals surface area contributed by atoms with E-state index in [0.717, 1.165) is 54.1 Å². The Kier molecular flexibility index (Phi) is 11.4. The molecule has 4 aromatic rings. The Morgan fingerprint density at radius 2 is 1.57 bits per heavy atom. The Labute approximate surface area is 298 Å². The molecule has 2 aliphatic rings. The smallest absolute Gasteiger partial charge is 0.264 e. The van der Waals surface area contributed by atoms with E-state index in [1.54, 1.807) is 25.3 Å². The summed E-state index contributed by atoms with van der Waals surface area (Å²) in [4.78, 5) is 30.4. The van der Waals surface area contributed by atoms with Gasteiger partial charge in [-0.1, -0.05) is 61.7 Å². The molecule has 268 valence electrons. The third-order valence-corrected chi connectivity index (χ3v) is 11.0. The monoisotopic (exact) mass is 715 g/mol. The van der Waals surface area contributed by atoms with E-state index >= 15 is 0 Å². The molecule has 0 bridgehead atoms. The van der Waals surface area contributed by atoms with Crippen LogP contribution in [0.5, 0.6) is 17.2 Å². The zero-order chi connectivity index (χ0) is 35.8. The summed E-state index contributed by atoms with van der Waals surface area (Å²) in [6, 6.07) is 24.7. The maximum atomic E-state index is 14.8. The summed E-state index contributed by atoms with van der Waals surface area (Å²) in [7, 11) is -2.89. The van der Waals surface area contributed by atoms with Gasteiger partial charge in [0, 0.05) is 25.1 Å². The molecule has 1 aliphatic heterocycles. The van der Waals surface area contributed by atoms with Crippen LogP contribution in [0.2, 0.25) is 0 Å². The maximum Gasteiger partial charge on any atom is 0.264 e. The number of hydrogen-bond donors (Lipinski definition) is 1. The fourth-order valence-corrected chi connectivity index (χ4v) is 7.94. The second-order valence-electron chi connectivity index (χ2n) is 12.7. The lowest BCUT2D eigenvalue weighted by molar-refractivity contribution is -0.140. The number of hydrogen-bond acceptors (Lipinski definition) is 7. The second kappa shape index (κ2) is 16.3. The number of ether oxygens (including phenoxy) is 3. The van der Waals surface area contributed by atoms with Crippen LogP contribution >= 0.6 is 0 Å². The zero-order valence-electron chi connectivity index (χ0n) is 28.5. The number of carbonyl (C=O) groups is 2. The maximum absolute atomic E-state index is 14.8. The van der Waals surface area contributed by atoms with Crippen LogP contribution in [0.25, 0.3) is 0 Å². The highest BCUT2D eigenvalue weighted by Crippen LogP contribution is 2.34. The van der Waals surface area contributed by atoms with Crippen LogP contribution in [0, 0.1) is 5.82 Å². The standard InChI is InChI=1S/C39H42FN3O7S/c1-48-33-14-8-11-29(23-33)26-42(35(24-28-9-4-2-5-10-28)39(45)41-31-12-6-3-7-13-31)38(44)27-43(32-17-15-30(40)16-18-32)51(46,47)34-19-20-36-37(25-34)50-22-21-49-36/h2,4-5,8-11,14-20,23,25,31,35H,3,6-7,12-13,21-22,24,26-27H2,1H3,(H,41,45)/t35-/m0/s1. The molecule has 12 heteroatoms. The van der Waals surface area contributed by atoms with Crippen molar-refractivity contribution in [3.05, 3.63) is 114 Å². The lowest BCUT2D eigenvalue weighted by atomic mass is 9.94. The number of fused-ring (bicyclic) bond motifs is 1. The molecule has 51 heavy (non-hydrogen) atoms. The molecule has 0 saturated heterocycles. The number of amides is 2. The molecule has 1 heterocycles. The van der Waals surface area contributed by atoms with Crippen molar-refractivity contribution in [3.63, 3.8) is 0 Å². The predicted octanol–water partition coefficient (Wildman–Crippen LogP) is 5.89. The molecule has 0 unspecified atom stereocenters. The van der Waals surface area contributed by atoms with Crippen LogP contribution in [0.1, 0.15) is 43.2 Å². The largest absolute Gasteiger partial charge is 0.497 e. The highest BCUT2D eigenvalue weighted by Gasteiger charge is 2.36. The molecule has 2 amide bonds. The first kappa shape index (κ1) is 35.7. The molecule has 4 aromatic carbocycles. The van der Waals surface area contributed by atoms with Crippen LogP contribution in [0.4, 0.5) is 10.1 Å². The average Bonchev–Trinajstić information content (AvgIpc) is 3.16. The fourth-order valence-electron chi connectivity index (χ4n) is 6.51. The second-order valence-corrected chi connectivity index (χ2v) is 14.6. The van der Waals surface area contributed by atoms with Crippen LogP contribution in [0.15, 0.2) is 102 Å². The number of carbonyl (C=O) groups excluding carboxylic acids is 2. The summed E-state index contributed by atoms with van der Waals surface area (Å²) in [5, 5.41) is 3.20. The van der Waals surface area contributed by atoms with Crippen LogP contribution in [0.3, 0.4) is 0 Å². The van der Waals surface area contributed by atoms with E-state index < -0.39 is 34.3 Å². The van der Waals surface area contributed by atoms with Crippen LogP contribution in [-0.2, 0) is 32.6 Å². The summed E-state index contributed by atoms with van der Waals surface area (Å²) in [6.07, 6.45) is 5.01. The van der Waals surface area contributed by atoms with Gasteiger partial charge in [-0.2, -0.15) is 0 Å². The van der Waals surface area contributed by atoms with Crippen molar-refractivity contribution >= 4 is 27.5 Å². The number of anilines is 1. The Bertz CT molecular complexity index is 1920. The van der Waals surface area contributed by atoms with Crippen LogP contribution < -0.4 is 23.8 Å². The van der Waals surface area contributed by atoms with Gasteiger partial charge in [0.25, 0.3) is 10.0 Å². The quantitative estimate of drug-likeness (QED) is 0.184. The van der Waals surface area contributed by atoms with Crippen molar-refractivity contribution in [2.24, 2.45) is 0 Å². The van der Waals surface area contributed by atoms with Gasteiger partial charge in [-0.3, -0.25) is 13.9 Å². The number of sulfonamides is 1. The van der Waals surface area contributed by atoms with Crippen molar-refractivity contribution in [1.82, 2.24) is 10.2 Å². The zero-order valence-corrected chi connectivity index (χ0v) is 29.3. The normalized spacial score (nSPS) is 15.0. The van der Waals surface area contributed by atoms with Gasteiger partial charge >= 0.3 is 0 Å². The topological polar surface area (TPSA) is 114 Å². The third-order valence-electron chi connectivity index (χ3n) is 9.20. The molecule has 0 aromatic heterocycles. The first-order valence-electron chi connectivity index (χ1n) is 17.2. The van der Waals surface area contributed by atoms with Gasteiger partial charge in [-0.25, -0.2) is 12.8 Å². The Morgan fingerprint density at radius 1 is 0.863 bits per heavy atom. The predicted molar refractivity (Wildman–Crippen MR) is 191 cm³/mol. The summed E-state index contributed by atoms with van der Waals surface area (Å²) in [5.74, 6) is -0.270. The number of halogens is 1. The van der Waals surface area contributed by atoms with Gasteiger partial charge in [0.2, 0.25) is 11.8 Å². The molecule has 1 atom stereocenters. The summed E-state index contributed by atoms with van der Waals surface area (Å²) in [5.41, 5.74) is 1.60. The lowest BCUT2D eigenvalue weighted by Gasteiger charge is -2.35. The highest BCUT2D eigenvalue weighted by molar-refractivity contribution is 7.92. The number of nitrogens with zero attached hydrogens (tertiary/aromatic N) is 2. The number of nitrogens with one attached hydrogen (secondary N) is 1. The summed E-state index contributed by atoms with van der Waals surface area (Å²) < 4.78 is 60.6. The lowest BCUT2D eigenvalue weighted by Crippen LogP contribution is -2.55. The van der Waals surface area contributed by atoms with Crippen molar-refractivity contribution in [1.29, 1.82) is 0 Å². The van der Waals surface area contributed by atoms with Gasteiger partial charge in [0.15, 0.2) is 11.5 Å². The van der Waals surface area contributed by atoms with E-state index in [4.69, 9.17) is 14.2 Å². The summed E-state index contributed by atoms with van der Waals surface area (Å²) >= 11 is 0. The minimum absolute atomic E-state index is 0.00699. The Hall–Kier alpha value is -5.10. The van der Waals surface area contributed by atoms with Crippen molar-refractivity contribution in [2.45, 2.75) is 62.0 Å². The Morgan fingerprint density at radius 3 is 2.29 bits per heavy atom. The molecule has 1 N–H and O–H groups in total. The molecule has 0 spiro atoms.